The van der Waals surface area contributed by atoms with Gasteiger partial charge in [-0.3, -0.25) is 0 Å². The number of ether oxygens (including phenoxy) is 2. The molecule has 0 radical (unpaired) electrons. The summed E-state index contributed by atoms with van der Waals surface area (Å²) < 4.78 is 12.4. The molecule has 2 heterocycles. The molecule has 0 saturated heterocycles. The highest BCUT2D eigenvalue weighted by Crippen LogP contribution is 2.49. The second-order valence-electron chi connectivity index (χ2n) is 10.2. The summed E-state index contributed by atoms with van der Waals surface area (Å²) in [5.41, 5.74) is 5.25. The van der Waals surface area contributed by atoms with Gasteiger partial charge in [-0.2, -0.15) is 0 Å². The Morgan fingerprint density at radius 2 is 1.33 bits per heavy atom. The minimum Gasteiger partial charge on any atom is -0.491 e. The second-order valence-corrected chi connectivity index (χ2v) is 10.2. The molecule has 39 heavy (non-hydrogen) atoms. The first kappa shape index (κ1) is 23.4. The fourth-order valence-corrected chi connectivity index (χ4v) is 6.14. The van der Waals surface area contributed by atoms with Gasteiger partial charge in [-0.25, -0.2) is 9.69 Å². The number of quaternary nitrogens is 1. The van der Waals surface area contributed by atoms with E-state index in [2.05, 4.69) is 36.4 Å². The largest absolute Gasteiger partial charge is 0.491 e. The normalized spacial score (nSPS) is 19.1. The molecule has 0 aromatic heterocycles. The van der Waals surface area contributed by atoms with Crippen LogP contribution in [0, 0.1) is 0 Å². The van der Waals surface area contributed by atoms with E-state index in [1.54, 1.807) is 0 Å². The molecule has 0 aliphatic carbocycles. The van der Waals surface area contributed by atoms with Gasteiger partial charge in [0.25, 0.3) is 0 Å². The van der Waals surface area contributed by atoms with Crippen molar-refractivity contribution >= 4 is 11.6 Å². The molecule has 0 bridgehead atoms. The Morgan fingerprint density at radius 1 is 0.718 bits per heavy atom. The average molecular weight is 511 g/mol. The molecule has 5 aromatic rings. The highest BCUT2D eigenvalue weighted by molar-refractivity contribution is 5.95. The predicted molar refractivity (Wildman–Crippen MR) is 150 cm³/mol. The molecule has 0 saturated carbocycles. The maximum atomic E-state index is 14.9. The van der Waals surface area contributed by atoms with Crippen LogP contribution in [-0.4, -0.2) is 12.5 Å². The van der Waals surface area contributed by atoms with Gasteiger partial charge >= 0.3 is 5.91 Å². The van der Waals surface area contributed by atoms with E-state index in [0.29, 0.717) is 6.61 Å². The molecule has 2 aliphatic rings. The van der Waals surface area contributed by atoms with Gasteiger partial charge in [0.2, 0.25) is 0 Å². The Kier molecular flexibility index (Phi) is 5.75. The van der Waals surface area contributed by atoms with E-state index >= 15 is 0 Å². The van der Waals surface area contributed by atoms with Crippen LogP contribution in [-0.2, 0) is 16.8 Å². The molecule has 5 aromatic carbocycles. The average Bonchev–Trinajstić information content (AvgIpc) is 3.50. The standard InChI is InChI=1S/C35H27NO3/c37-34-35(24-39-32-21-20-28(22-30(32)35)38-23-25-12-4-1-5-13-25)29-18-10-11-19-31(29)36(34)33(26-14-6-2-7-15-26)27-16-8-3-9-17-27/h1-22,33H,23-24H2/p+1. The molecule has 190 valence electrons. The van der Waals surface area contributed by atoms with Crippen molar-refractivity contribution in [3.63, 3.8) is 0 Å². The number of amides is 1. The van der Waals surface area contributed by atoms with E-state index in [1.165, 1.54) is 0 Å². The number of carbonyl (C=O) groups is 1. The first-order valence-corrected chi connectivity index (χ1v) is 13.3. The second kappa shape index (κ2) is 9.57. The fourth-order valence-electron chi connectivity index (χ4n) is 6.14. The number of hydrogen-bond donors (Lipinski definition) is 1. The summed E-state index contributed by atoms with van der Waals surface area (Å²) in [5, 5.41) is 0. The van der Waals surface area contributed by atoms with Crippen molar-refractivity contribution in [2.75, 3.05) is 6.61 Å². The van der Waals surface area contributed by atoms with Gasteiger partial charge in [-0.05, 0) is 29.8 Å². The van der Waals surface area contributed by atoms with Crippen molar-refractivity contribution in [2.45, 2.75) is 18.1 Å². The Bertz CT molecular complexity index is 1600. The lowest BCUT2D eigenvalue weighted by molar-refractivity contribution is -0.776. The maximum Gasteiger partial charge on any atom is 0.336 e. The predicted octanol–water partition coefficient (Wildman–Crippen LogP) is 5.79. The monoisotopic (exact) mass is 510 g/mol. The zero-order valence-corrected chi connectivity index (χ0v) is 21.4. The summed E-state index contributed by atoms with van der Waals surface area (Å²) in [6.07, 6.45) is 0. The Balaban J connectivity index is 1.34. The maximum absolute atomic E-state index is 14.9. The Labute approximate surface area is 228 Å². The smallest absolute Gasteiger partial charge is 0.336 e. The number of fused-ring (bicyclic) bond motifs is 4. The van der Waals surface area contributed by atoms with Gasteiger partial charge in [0, 0.05) is 22.3 Å². The molecule has 1 N–H and O–H groups in total. The molecular weight excluding hydrogens is 482 g/mol. The highest BCUT2D eigenvalue weighted by atomic mass is 16.5. The van der Waals surface area contributed by atoms with Gasteiger partial charge in [-0.15, -0.1) is 0 Å². The van der Waals surface area contributed by atoms with Gasteiger partial charge in [0.05, 0.1) is 0 Å². The first-order valence-electron chi connectivity index (χ1n) is 13.3. The molecule has 4 nitrogen and oxygen atoms in total. The third kappa shape index (κ3) is 3.84. The number of carbonyl (C=O) groups excluding carboxylic acids is 1. The van der Waals surface area contributed by atoms with Crippen LogP contribution in [0.15, 0.2) is 133 Å². The molecule has 2 atom stereocenters. The SMILES string of the molecule is O=C1[NH+](C(c2ccccc2)c2ccccc2)c2ccccc2C12COc1ccc(OCc3ccccc3)cc12. The minimum atomic E-state index is -0.908. The third-order valence-corrected chi connectivity index (χ3v) is 7.97. The summed E-state index contributed by atoms with van der Waals surface area (Å²) in [6.45, 7) is 0.736. The van der Waals surface area contributed by atoms with Gasteiger partial charge in [0.1, 0.15) is 30.4 Å². The van der Waals surface area contributed by atoms with Crippen molar-refractivity contribution < 1.29 is 19.2 Å². The summed E-state index contributed by atoms with van der Waals surface area (Å²) in [5.74, 6) is 1.56. The van der Waals surface area contributed by atoms with E-state index in [-0.39, 0.29) is 18.6 Å². The van der Waals surface area contributed by atoms with Crippen molar-refractivity contribution in [1.82, 2.24) is 0 Å². The molecule has 0 fully saturated rings. The molecular formula is C35H28NO3+. The van der Waals surface area contributed by atoms with E-state index < -0.39 is 5.41 Å². The van der Waals surface area contributed by atoms with Crippen LogP contribution in [0.25, 0.3) is 0 Å². The van der Waals surface area contributed by atoms with E-state index in [4.69, 9.17) is 9.47 Å². The lowest BCUT2D eigenvalue weighted by atomic mass is 9.77. The number of hydrogen-bond acceptors (Lipinski definition) is 3. The zero-order chi connectivity index (χ0) is 26.2. The van der Waals surface area contributed by atoms with E-state index in [9.17, 15) is 4.79 Å². The topological polar surface area (TPSA) is 40.0 Å². The third-order valence-electron chi connectivity index (χ3n) is 7.97. The summed E-state index contributed by atoms with van der Waals surface area (Å²) in [4.78, 5) is 15.7. The summed E-state index contributed by atoms with van der Waals surface area (Å²) in [7, 11) is 0. The lowest BCUT2D eigenvalue weighted by Gasteiger charge is -2.26. The van der Waals surface area contributed by atoms with Crippen LogP contribution in [0.2, 0.25) is 0 Å². The first-order chi connectivity index (χ1) is 19.3. The molecule has 1 spiro atoms. The molecule has 1 amide bonds. The summed E-state index contributed by atoms with van der Waals surface area (Å²) in [6, 6.07) is 44.6. The van der Waals surface area contributed by atoms with Crippen molar-refractivity contribution in [3.8, 4) is 11.5 Å². The van der Waals surface area contributed by atoms with E-state index in [1.807, 2.05) is 97.1 Å². The van der Waals surface area contributed by atoms with Crippen molar-refractivity contribution in [1.29, 1.82) is 0 Å². The van der Waals surface area contributed by atoms with Gasteiger partial charge in [-0.1, -0.05) is 109 Å². The number of nitrogens with one attached hydrogen (secondary N) is 1. The lowest BCUT2D eigenvalue weighted by Crippen LogP contribution is -3.10. The molecule has 7 rings (SSSR count). The number of benzene rings is 5. The van der Waals surface area contributed by atoms with Gasteiger partial charge in [0.15, 0.2) is 11.5 Å². The quantitative estimate of drug-likeness (QED) is 0.314. The van der Waals surface area contributed by atoms with Crippen LogP contribution < -0.4 is 14.4 Å². The minimum absolute atomic E-state index is 0.0976. The Morgan fingerprint density at radius 3 is 2.03 bits per heavy atom. The molecule has 4 heteroatoms. The zero-order valence-electron chi connectivity index (χ0n) is 21.4. The van der Waals surface area contributed by atoms with Gasteiger partial charge < -0.3 is 9.47 Å². The molecule has 2 aliphatic heterocycles. The number of rotatable bonds is 6. The van der Waals surface area contributed by atoms with Crippen LogP contribution in [0.1, 0.15) is 33.9 Å². The Hall–Kier alpha value is -4.67. The highest BCUT2D eigenvalue weighted by Gasteiger charge is 2.62. The van der Waals surface area contributed by atoms with Crippen molar-refractivity contribution in [2.24, 2.45) is 0 Å². The molecule has 2 unspecified atom stereocenters. The van der Waals surface area contributed by atoms with Crippen LogP contribution in [0.5, 0.6) is 11.5 Å². The van der Waals surface area contributed by atoms with Crippen LogP contribution in [0.4, 0.5) is 5.69 Å². The number of para-hydroxylation sites is 1. The van der Waals surface area contributed by atoms with E-state index in [0.717, 1.165) is 49.9 Å². The fraction of sp³-hybridized carbons (Fsp3) is 0.114. The van der Waals surface area contributed by atoms with Crippen LogP contribution in [0.3, 0.4) is 0 Å². The van der Waals surface area contributed by atoms with Crippen LogP contribution >= 0.6 is 0 Å². The summed E-state index contributed by atoms with van der Waals surface area (Å²) >= 11 is 0. The van der Waals surface area contributed by atoms with Crippen molar-refractivity contribution in [3.05, 3.63) is 161 Å².